The molecule has 1 aromatic rings. The van der Waals surface area contributed by atoms with E-state index in [4.69, 9.17) is 10.2 Å². The van der Waals surface area contributed by atoms with Gasteiger partial charge in [0.1, 0.15) is 6.04 Å². The quantitative estimate of drug-likeness (QED) is 0.645. The highest BCUT2D eigenvalue weighted by atomic mass is 32.2. The Balaban J connectivity index is 3.15. The van der Waals surface area contributed by atoms with Crippen LogP contribution in [-0.2, 0) is 14.8 Å². The molecule has 1 aromatic carbocycles. The average Bonchev–Trinajstić information content (AvgIpc) is 2.43. The van der Waals surface area contributed by atoms with Crippen LogP contribution in [0.4, 0.5) is 0 Å². The molecule has 0 radical (unpaired) electrons. The van der Waals surface area contributed by atoms with E-state index < -0.39 is 28.0 Å². The molecular weight excluding hydrogens is 330 g/mol. The molecule has 0 bridgehead atoms. The van der Waals surface area contributed by atoms with Gasteiger partial charge in [0.15, 0.2) is 0 Å². The topological polar surface area (TPSA) is 121 Å². The zero-order valence-electron chi connectivity index (χ0n) is 12.1. The molecule has 0 saturated carbocycles. The molecule has 3 N–H and O–H groups in total. The predicted molar refractivity (Wildman–Crippen MR) is 82.9 cm³/mol. The van der Waals surface area contributed by atoms with E-state index in [1.807, 2.05) is 0 Å². The molecular formula is C13H17NO6S2. The van der Waals surface area contributed by atoms with Crippen molar-refractivity contribution >= 4 is 33.7 Å². The first-order valence-corrected chi connectivity index (χ1v) is 9.14. The van der Waals surface area contributed by atoms with E-state index in [-0.39, 0.29) is 16.9 Å². The Morgan fingerprint density at radius 1 is 1.32 bits per heavy atom. The van der Waals surface area contributed by atoms with Gasteiger partial charge >= 0.3 is 11.9 Å². The summed E-state index contributed by atoms with van der Waals surface area (Å²) < 4.78 is 26.8. The van der Waals surface area contributed by atoms with E-state index in [2.05, 4.69) is 4.72 Å². The lowest BCUT2D eigenvalue weighted by molar-refractivity contribution is -0.139. The summed E-state index contributed by atoms with van der Waals surface area (Å²) in [5.41, 5.74) is 0.161. The van der Waals surface area contributed by atoms with E-state index in [1.54, 1.807) is 6.26 Å². The predicted octanol–water partition coefficient (Wildman–Crippen LogP) is 1.18. The molecule has 0 amide bonds. The number of rotatable bonds is 8. The van der Waals surface area contributed by atoms with Crippen LogP contribution < -0.4 is 4.72 Å². The van der Waals surface area contributed by atoms with Crippen LogP contribution >= 0.6 is 11.8 Å². The minimum absolute atomic E-state index is 0.132. The fourth-order valence-electron chi connectivity index (χ4n) is 1.74. The SMILES string of the molecule is CSCC[C@@H](NS(=O)(=O)c1cc(C(=O)O)ccc1C)C(=O)O. The minimum atomic E-state index is -4.13. The lowest BCUT2D eigenvalue weighted by Crippen LogP contribution is -2.41. The zero-order valence-corrected chi connectivity index (χ0v) is 13.7. The number of aromatic carboxylic acids is 1. The number of benzene rings is 1. The maximum absolute atomic E-state index is 12.3. The van der Waals surface area contributed by atoms with E-state index in [9.17, 15) is 18.0 Å². The van der Waals surface area contributed by atoms with Gasteiger partial charge in [0.05, 0.1) is 10.5 Å². The normalized spacial score (nSPS) is 12.8. The Labute approximate surface area is 132 Å². The highest BCUT2D eigenvalue weighted by Crippen LogP contribution is 2.18. The van der Waals surface area contributed by atoms with Gasteiger partial charge in [0.25, 0.3) is 0 Å². The smallest absolute Gasteiger partial charge is 0.335 e. The van der Waals surface area contributed by atoms with Crippen LogP contribution in [0.5, 0.6) is 0 Å². The second-order valence-electron chi connectivity index (χ2n) is 4.58. The van der Waals surface area contributed by atoms with E-state index in [0.29, 0.717) is 11.3 Å². The first-order chi connectivity index (χ1) is 10.2. The third-order valence-corrected chi connectivity index (χ3v) is 5.19. The molecule has 0 fully saturated rings. The number of aliphatic carboxylic acids is 1. The summed E-state index contributed by atoms with van der Waals surface area (Å²) in [6.45, 7) is 1.51. The largest absolute Gasteiger partial charge is 0.480 e. The fraction of sp³-hybridized carbons (Fsp3) is 0.385. The van der Waals surface area contributed by atoms with Gasteiger partial charge in [-0.2, -0.15) is 16.5 Å². The highest BCUT2D eigenvalue weighted by molar-refractivity contribution is 7.98. The highest BCUT2D eigenvalue weighted by Gasteiger charge is 2.26. The molecule has 0 aliphatic carbocycles. The van der Waals surface area contributed by atoms with Gasteiger partial charge in [0, 0.05) is 0 Å². The summed E-state index contributed by atoms with van der Waals surface area (Å²) in [5, 5.41) is 18.0. The summed E-state index contributed by atoms with van der Waals surface area (Å²) in [6, 6.07) is 2.42. The molecule has 0 heterocycles. The van der Waals surface area contributed by atoms with Gasteiger partial charge in [-0.15, -0.1) is 0 Å². The number of nitrogens with one attached hydrogen (secondary N) is 1. The second-order valence-corrected chi connectivity index (χ2v) is 7.25. The lowest BCUT2D eigenvalue weighted by atomic mass is 10.1. The molecule has 0 aliphatic heterocycles. The van der Waals surface area contributed by atoms with Crippen molar-refractivity contribution in [3.05, 3.63) is 29.3 Å². The summed E-state index contributed by atoms with van der Waals surface area (Å²) in [4.78, 5) is 21.9. The monoisotopic (exact) mass is 347 g/mol. The molecule has 22 heavy (non-hydrogen) atoms. The van der Waals surface area contributed by atoms with Crippen molar-refractivity contribution < 1.29 is 28.2 Å². The maximum Gasteiger partial charge on any atom is 0.335 e. The van der Waals surface area contributed by atoms with E-state index in [1.165, 1.54) is 30.8 Å². The van der Waals surface area contributed by atoms with Crippen molar-refractivity contribution in [1.82, 2.24) is 4.72 Å². The molecule has 1 rings (SSSR count). The molecule has 0 aliphatic rings. The second kappa shape index (κ2) is 7.61. The van der Waals surface area contributed by atoms with Crippen molar-refractivity contribution in [2.45, 2.75) is 24.3 Å². The van der Waals surface area contributed by atoms with Crippen molar-refractivity contribution in [1.29, 1.82) is 0 Å². The van der Waals surface area contributed by atoms with Crippen LogP contribution in [0.2, 0.25) is 0 Å². The zero-order chi connectivity index (χ0) is 16.9. The lowest BCUT2D eigenvalue weighted by Gasteiger charge is -2.15. The average molecular weight is 347 g/mol. The molecule has 0 aromatic heterocycles. The Hall–Kier alpha value is -1.58. The number of hydrogen-bond acceptors (Lipinski definition) is 5. The number of carboxylic acids is 2. The number of hydrogen-bond donors (Lipinski definition) is 3. The first-order valence-electron chi connectivity index (χ1n) is 6.27. The van der Waals surface area contributed by atoms with Gasteiger partial charge in [-0.3, -0.25) is 4.79 Å². The molecule has 7 nitrogen and oxygen atoms in total. The van der Waals surface area contributed by atoms with Crippen molar-refractivity contribution in [3.8, 4) is 0 Å². The Bertz CT molecular complexity index is 671. The van der Waals surface area contributed by atoms with Gasteiger partial charge < -0.3 is 10.2 Å². The summed E-state index contributed by atoms with van der Waals surface area (Å²) in [5.74, 6) is -2.05. The summed E-state index contributed by atoms with van der Waals surface area (Å²) in [6.07, 6.45) is 1.92. The standard InChI is InChI=1S/C13H17NO6S2/c1-8-3-4-9(12(15)16)7-11(8)22(19,20)14-10(13(17)18)5-6-21-2/h3-4,7,10,14H,5-6H2,1-2H3,(H,15,16)(H,17,18)/t10-/m1/s1. The van der Waals surface area contributed by atoms with Crippen LogP contribution in [0, 0.1) is 6.92 Å². The number of aryl methyl sites for hydroxylation is 1. The Kier molecular flexibility index (Phi) is 6.39. The van der Waals surface area contributed by atoms with Gasteiger partial charge in [0.2, 0.25) is 10.0 Å². The number of sulfonamides is 1. The molecule has 0 spiro atoms. The van der Waals surface area contributed by atoms with Crippen LogP contribution in [-0.4, -0.2) is 48.6 Å². The van der Waals surface area contributed by atoms with Crippen molar-refractivity contribution in [2.75, 3.05) is 12.0 Å². The summed E-state index contributed by atoms with van der Waals surface area (Å²) >= 11 is 1.40. The van der Waals surface area contributed by atoms with E-state index in [0.717, 1.165) is 6.07 Å². The van der Waals surface area contributed by atoms with Crippen LogP contribution in [0.1, 0.15) is 22.3 Å². The van der Waals surface area contributed by atoms with Crippen LogP contribution in [0.25, 0.3) is 0 Å². The van der Waals surface area contributed by atoms with E-state index >= 15 is 0 Å². The van der Waals surface area contributed by atoms with Gasteiger partial charge in [-0.25, -0.2) is 13.2 Å². The number of carboxylic acid groups (broad SMARTS) is 2. The van der Waals surface area contributed by atoms with Gasteiger partial charge in [-0.05, 0) is 43.0 Å². The number of thioether (sulfide) groups is 1. The van der Waals surface area contributed by atoms with Crippen molar-refractivity contribution in [2.24, 2.45) is 0 Å². The molecule has 0 unspecified atom stereocenters. The molecule has 122 valence electrons. The fourth-order valence-corrected chi connectivity index (χ4v) is 3.71. The summed E-state index contributed by atoms with van der Waals surface area (Å²) in [7, 11) is -4.13. The van der Waals surface area contributed by atoms with Crippen LogP contribution in [0.15, 0.2) is 23.1 Å². The Morgan fingerprint density at radius 3 is 2.45 bits per heavy atom. The number of carbonyl (C=O) groups is 2. The molecule has 1 atom stereocenters. The Morgan fingerprint density at radius 2 is 1.95 bits per heavy atom. The third kappa shape index (κ3) is 4.72. The van der Waals surface area contributed by atoms with Crippen molar-refractivity contribution in [3.63, 3.8) is 0 Å². The first kappa shape index (κ1) is 18.5. The van der Waals surface area contributed by atoms with Gasteiger partial charge in [-0.1, -0.05) is 6.07 Å². The maximum atomic E-state index is 12.3. The molecule has 9 heteroatoms. The van der Waals surface area contributed by atoms with Crippen LogP contribution in [0.3, 0.4) is 0 Å². The minimum Gasteiger partial charge on any atom is -0.480 e. The molecule has 0 saturated heterocycles. The third-order valence-electron chi connectivity index (χ3n) is 2.93.